The third kappa shape index (κ3) is 3.57. The first-order chi connectivity index (χ1) is 8.79. The molecule has 1 aliphatic heterocycles. The minimum atomic E-state index is 0.0826. The molecule has 1 amide bonds. The van der Waals surface area contributed by atoms with Gasteiger partial charge in [0.2, 0.25) is 5.91 Å². The van der Waals surface area contributed by atoms with Crippen molar-refractivity contribution in [2.75, 3.05) is 25.2 Å². The number of rotatable bonds is 5. The van der Waals surface area contributed by atoms with Crippen molar-refractivity contribution in [3.05, 3.63) is 23.8 Å². The van der Waals surface area contributed by atoms with Crippen LogP contribution in [0.5, 0.6) is 11.5 Å². The van der Waals surface area contributed by atoms with Crippen LogP contribution in [-0.4, -0.2) is 31.1 Å². The summed E-state index contributed by atoms with van der Waals surface area (Å²) in [6.07, 6.45) is 2.56. The first kappa shape index (κ1) is 13.1. The van der Waals surface area contributed by atoms with Gasteiger partial charge in [-0.25, -0.2) is 0 Å². The van der Waals surface area contributed by atoms with Crippen molar-refractivity contribution >= 4 is 17.7 Å². The van der Waals surface area contributed by atoms with E-state index in [1.165, 1.54) is 0 Å². The second-order valence-electron chi connectivity index (χ2n) is 4.00. The van der Waals surface area contributed by atoms with Crippen molar-refractivity contribution in [3.63, 3.8) is 0 Å². The summed E-state index contributed by atoms with van der Waals surface area (Å²) in [6.45, 7) is 1.71. The number of fused-ring (bicyclic) bond motifs is 1. The molecule has 1 N–H and O–H groups in total. The van der Waals surface area contributed by atoms with E-state index in [1.807, 2.05) is 24.5 Å². The van der Waals surface area contributed by atoms with Gasteiger partial charge in [-0.15, -0.1) is 0 Å². The molecule has 0 fully saturated rings. The lowest BCUT2D eigenvalue weighted by atomic mass is 10.2. The first-order valence-corrected chi connectivity index (χ1v) is 7.33. The second kappa shape index (κ2) is 6.54. The summed E-state index contributed by atoms with van der Waals surface area (Å²) in [4.78, 5) is 11.5. The van der Waals surface area contributed by atoms with Crippen molar-refractivity contribution in [2.24, 2.45) is 0 Å². The molecule has 0 bridgehead atoms. The molecule has 1 heterocycles. The lowest BCUT2D eigenvalue weighted by Gasteiger charge is -2.18. The average molecular weight is 267 g/mol. The van der Waals surface area contributed by atoms with Crippen molar-refractivity contribution < 1.29 is 14.3 Å². The predicted octanol–water partition coefficient (Wildman–Crippen LogP) is 1.83. The molecule has 1 aromatic carbocycles. The van der Waals surface area contributed by atoms with E-state index in [0.717, 1.165) is 22.8 Å². The molecule has 2 rings (SSSR count). The topological polar surface area (TPSA) is 47.6 Å². The van der Waals surface area contributed by atoms with Crippen LogP contribution in [0.25, 0.3) is 0 Å². The van der Waals surface area contributed by atoms with Gasteiger partial charge >= 0.3 is 0 Å². The predicted molar refractivity (Wildman–Crippen MR) is 72.3 cm³/mol. The fraction of sp³-hybridized carbons (Fsp3) is 0.462. The van der Waals surface area contributed by atoms with Gasteiger partial charge in [-0.2, -0.15) is 11.8 Å². The summed E-state index contributed by atoms with van der Waals surface area (Å²) in [5.41, 5.74) is 1.02. The smallest absolute Gasteiger partial charge is 0.221 e. The molecule has 0 aromatic heterocycles. The van der Waals surface area contributed by atoms with E-state index in [0.29, 0.717) is 26.2 Å². The number of ether oxygens (including phenoxy) is 2. The Morgan fingerprint density at radius 2 is 2.11 bits per heavy atom. The highest BCUT2D eigenvalue weighted by atomic mass is 32.2. The van der Waals surface area contributed by atoms with Gasteiger partial charge in [0, 0.05) is 18.7 Å². The lowest BCUT2D eigenvalue weighted by Crippen LogP contribution is -2.23. The Kier molecular flexibility index (Phi) is 4.75. The van der Waals surface area contributed by atoms with Gasteiger partial charge in [0.25, 0.3) is 0 Å². The normalized spacial score (nSPS) is 13.2. The van der Waals surface area contributed by atoms with Crippen LogP contribution in [0, 0.1) is 0 Å². The molecule has 1 aliphatic rings. The highest BCUT2D eigenvalue weighted by Gasteiger charge is 2.11. The maximum absolute atomic E-state index is 11.5. The van der Waals surface area contributed by atoms with Crippen LogP contribution in [0.2, 0.25) is 0 Å². The van der Waals surface area contributed by atoms with E-state index in [2.05, 4.69) is 5.32 Å². The molecule has 0 spiro atoms. The Labute approximate surface area is 111 Å². The number of benzene rings is 1. The van der Waals surface area contributed by atoms with Crippen molar-refractivity contribution in [1.29, 1.82) is 0 Å². The summed E-state index contributed by atoms with van der Waals surface area (Å²) < 4.78 is 10.9. The molecule has 18 heavy (non-hydrogen) atoms. The molecule has 0 atom stereocenters. The second-order valence-corrected chi connectivity index (χ2v) is 4.98. The van der Waals surface area contributed by atoms with Crippen LogP contribution in [0.3, 0.4) is 0 Å². The van der Waals surface area contributed by atoms with Gasteiger partial charge in [-0.1, -0.05) is 6.07 Å². The zero-order chi connectivity index (χ0) is 12.8. The Hall–Kier alpha value is -1.36. The molecule has 1 aromatic rings. The number of carbonyl (C=O) groups is 1. The van der Waals surface area contributed by atoms with Gasteiger partial charge in [-0.3, -0.25) is 4.79 Å². The van der Waals surface area contributed by atoms with E-state index in [-0.39, 0.29) is 5.91 Å². The SMILES string of the molecule is CSCCC(=O)NCc1ccc2c(c1)OCCO2. The third-order valence-corrected chi connectivity index (χ3v) is 3.24. The van der Waals surface area contributed by atoms with Gasteiger partial charge in [0.1, 0.15) is 13.2 Å². The number of nitrogens with one attached hydrogen (secondary N) is 1. The zero-order valence-electron chi connectivity index (χ0n) is 10.4. The van der Waals surface area contributed by atoms with Gasteiger partial charge in [0.05, 0.1) is 0 Å². The molecule has 0 saturated heterocycles. The highest BCUT2D eigenvalue weighted by molar-refractivity contribution is 7.98. The maximum Gasteiger partial charge on any atom is 0.221 e. The molecule has 0 saturated carbocycles. The van der Waals surface area contributed by atoms with Crippen molar-refractivity contribution in [1.82, 2.24) is 5.32 Å². The van der Waals surface area contributed by atoms with Crippen LogP contribution in [0.15, 0.2) is 18.2 Å². The van der Waals surface area contributed by atoms with Crippen LogP contribution in [0.1, 0.15) is 12.0 Å². The lowest BCUT2D eigenvalue weighted by molar-refractivity contribution is -0.120. The Morgan fingerprint density at radius 3 is 2.89 bits per heavy atom. The standard InChI is InChI=1S/C13H17NO3S/c1-18-7-4-13(15)14-9-10-2-3-11-12(8-10)17-6-5-16-11/h2-3,8H,4-7,9H2,1H3,(H,14,15). The molecule has 0 aliphatic carbocycles. The molecule has 5 heteroatoms. The number of amides is 1. The van der Waals surface area contributed by atoms with Crippen LogP contribution in [-0.2, 0) is 11.3 Å². The van der Waals surface area contributed by atoms with Gasteiger partial charge in [0.15, 0.2) is 11.5 Å². The maximum atomic E-state index is 11.5. The molecule has 0 unspecified atom stereocenters. The largest absolute Gasteiger partial charge is 0.486 e. The summed E-state index contributed by atoms with van der Waals surface area (Å²) in [6, 6.07) is 5.75. The molecular formula is C13H17NO3S. The van der Waals surface area contributed by atoms with Crippen LogP contribution >= 0.6 is 11.8 Å². The number of carbonyl (C=O) groups excluding carboxylic acids is 1. The fourth-order valence-corrected chi connectivity index (χ4v) is 2.07. The number of hydrogen-bond donors (Lipinski definition) is 1. The van der Waals surface area contributed by atoms with E-state index in [9.17, 15) is 4.79 Å². The molecular weight excluding hydrogens is 250 g/mol. The molecule has 98 valence electrons. The van der Waals surface area contributed by atoms with Gasteiger partial charge < -0.3 is 14.8 Å². The third-order valence-electron chi connectivity index (χ3n) is 2.63. The van der Waals surface area contributed by atoms with Crippen molar-refractivity contribution in [2.45, 2.75) is 13.0 Å². The van der Waals surface area contributed by atoms with E-state index >= 15 is 0 Å². The quantitative estimate of drug-likeness (QED) is 0.884. The number of hydrogen-bond acceptors (Lipinski definition) is 4. The number of thioether (sulfide) groups is 1. The van der Waals surface area contributed by atoms with Crippen LogP contribution in [0.4, 0.5) is 0 Å². The van der Waals surface area contributed by atoms with E-state index < -0.39 is 0 Å². The van der Waals surface area contributed by atoms with Gasteiger partial charge in [-0.05, 0) is 24.0 Å². The van der Waals surface area contributed by atoms with E-state index in [4.69, 9.17) is 9.47 Å². The molecule has 0 radical (unpaired) electrons. The Bertz CT molecular complexity index is 423. The molecule has 4 nitrogen and oxygen atoms in total. The summed E-state index contributed by atoms with van der Waals surface area (Å²) in [5.74, 6) is 2.47. The van der Waals surface area contributed by atoms with Crippen molar-refractivity contribution in [3.8, 4) is 11.5 Å². The monoisotopic (exact) mass is 267 g/mol. The first-order valence-electron chi connectivity index (χ1n) is 5.94. The minimum Gasteiger partial charge on any atom is -0.486 e. The average Bonchev–Trinajstić information content (AvgIpc) is 2.42. The Morgan fingerprint density at radius 1 is 1.33 bits per heavy atom. The van der Waals surface area contributed by atoms with Crippen LogP contribution < -0.4 is 14.8 Å². The Balaban J connectivity index is 1.88. The minimum absolute atomic E-state index is 0.0826. The highest BCUT2D eigenvalue weighted by Crippen LogP contribution is 2.30. The summed E-state index contributed by atoms with van der Waals surface area (Å²) in [5, 5.41) is 2.89. The van der Waals surface area contributed by atoms with E-state index in [1.54, 1.807) is 11.8 Å². The summed E-state index contributed by atoms with van der Waals surface area (Å²) >= 11 is 1.67. The fourth-order valence-electron chi connectivity index (χ4n) is 1.68. The summed E-state index contributed by atoms with van der Waals surface area (Å²) in [7, 11) is 0. The zero-order valence-corrected chi connectivity index (χ0v) is 11.2.